The van der Waals surface area contributed by atoms with Gasteiger partial charge in [-0.2, -0.15) is 0 Å². The zero-order valence-corrected chi connectivity index (χ0v) is 13.5. The number of carbonyl (C=O) groups excluding carboxylic acids is 2. The van der Waals surface area contributed by atoms with Gasteiger partial charge < -0.3 is 19.7 Å². The topological polar surface area (TPSA) is 67.9 Å². The Labute approximate surface area is 135 Å². The average molecular weight is 318 g/mol. The second kappa shape index (κ2) is 6.48. The first kappa shape index (κ1) is 15.6. The number of likely N-dealkylation sites (tertiary alicyclic amines) is 1. The number of fused-ring (bicyclic) bond motifs is 1. The summed E-state index contributed by atoms with van der Waals surface area (Å²) in [5.41, 5.74) is 0.569. The smallest absolute Gasteiger partial charge is 0.254 e. The minimum atomic E-state index is -0.135. The number of ether oxygens (including phenoxy) is 2. The highest BCUT2D eigenvalue weighted by Crippen LogP contribution is 2.33. The quantitative estimate of drug-likeness (QED) is 0.922. The molecule has 0 aliphatic carbocycles. The molecule has 3 rings (SSSR count). The van der Waals surface area contributed by atoms with Crippen LogP contribution < -0.4 is 14.8 Å². The molecule has 1 atom stereocenters. The van der Waals surface area contributed by atoms with Gasteiger partial charge >= 0.3 is 0 Å². The molecule has 1 saturated heterocycles. The standard InChI is InChI=1S/C17H22N2O4/c1-11(2)18-16(20)13-4-3-7-19(9-13)17(21)12-5-6-14-15(8-12)23-10-22-14/h5-6,8,11,13H,3-4,7,9-10H2,1-2H3,(H,18,20). The summed E-state index contributed by atoms with van der Waals surface area (Å²) in [7, 11) is 0. The van der Waals surface area contributed by atoms with Crippen LogP contribution in [0.4, 0.5) is 0 Å². The number of carbonyl (C=O) groups is 2. The lowest BCUT2D eigenvalue weighted by Crippen LogP contribution is -2.46. The van der Waals surface area contributed by atoms with Crippen molar-refractivity contribution in [2.24, 2.45) is 5.92 Å². The first-order valence-corrected chi connectivity index (χ1v) is 8.04. The van der Waals surface area contributed by atoms with E-state index >= 15 is 0 Å². The molecule has 0 aromatic heterocycles. The summed E-state index contributed by atoms with van der Waals surface area (Å²) in [6, 6.07) is 5.32. The predicted molar refractivity (Wildman–Crippen MR) is 84.5 cm³/mol. The van der Waals surface area contributed by atoms with Crippen LogP contribution in [0.5, 0.6) is 11.5 Å². The van der Waals surface area contributed by atoms with Crippen molar-refractivity contribution in [3.8, 4) is 11.5 Å². The summed E-state index contributed by atoms with van der Waals surface area (Å²) in [5.74, 6) is 1.09. The first-order valence-electron chi connectivity index (χ1n) is 8.04. The zero-order valence-electron chi connectivity index (χ0n) is 13.5. The van der Waals surface area contributed by atoms with Gasteiger partial charge in [-0.15, -0.1) is 0 Å². The van der Waals surface area contributed by atoms with Crippen LogP contribution >= 0.6 is 0 Å². The van der Waals surface area contributed by atoms with Crippen LogP contribution in [-0.2, 0) is 4.79 Å². The van der Waals surface area contributed by atoms with Gasteiger partial charge in [0.05, 0.1) is 5.92 Å². The van der Waals surface area contributed by atoms with Gasteiger partial charge in [0.1, 0.15) is 0 Å². The molecule has 1 N–H and O–H groups in total. The largest absolute Gasteiger partial charge is 0.454 e. The molecule has 0 bridgehead atoms. The highest BCUT2D eigenvalue weighted by molar-refractivity contribution is 5.95. The van der Waals surface area contributed by atoms with Gasteiger partial charge in [-0.05, 0) is 44.9 Å². The molecule has 2 aliphatic rings. The van der Waals surface area contributed by atoms with E-state index in [-0.39, 0.29) is 30.6 Å². The Hall–Kier alpha value is -2.24. The third-order valence-corrected chi connectivity index (χ3v) is 4.13. The Balaban J connectivity index is 1.68. The Kier molecular flexibility index (Phi) is 4.41. The van der Waals surface area contributed by atoms with E-state index in [2.05, 4.69) is 5.32 Å². The molecule has 23 heavy (non-hydrogen) atoms. The van der Waals surface area contributed by atoms with E-state index in [1.807, 2.05) is 13.8 Å². The van der Waals surface area contributed by atoms with Gasteiger partial charge in [-0.25, -0.2) is 0 Å². The Bertz CT molecular complexity index is 615. The van der Waals surface area contributed by atoms with Gasteiger partial charge in [0, 0.05) is 24.7 Å². The van der Waals surface area contributed by atoms with Gasteiger partial charge in [0.15, 0.2) is 11.5 Å². The number of benzene rings is 1. The summed E-state index contributed by atoms with van der Waals surface area (Å²) in [4.78, 5) is 26.6. The Morgan fingerprint density at radius 1 is 1.26 bits per heavy atom. The third kappa shape index (κ3) is 3.41. The maximum absolute atomic E-state index is 12.7. The lowest BCUT2D eigenvalue weighted by Gasteiger charge is -2.32. The minimum Gasteiger partial charge on any atom is -0.454 e. The zero-order chi connectivity index (χ0) is 16.4. The predicted octanol–water partition coefficient (Wildman–Crippen LogP) is 1.79. The van der Waals surface area contributed by atoms with E-state index in [0.717, 1.165) is 12.8 Å². The van der Waals surface area contributed by atoms with Crippen molar-refractivity contribution in [1.82, 2.24) is 10.2 Å². The lowest BCUT2D eigenvalue weighted by molar-refractivity contribution is -0.126. The van der Waals surface area contributed by atoms with E-state index in [1.165, 1.54) is 0 Å². The van der Waals surface area contributed by atoms with E-state index in [9.17, 15) is 9.59 Å². The summed E-state index contributed by atoms with van der Waals surface area (Å²) in [6.45, 7) is 5.21. The molecule has 0 spiro atoms. The van der Waals surface area contributed by atoms with Crippen molar-refractivity contribution in [1.29, 1.82) is 0 Å². The molecular formula is C17H22N2O4. The van der Waals surface area contributed by atoms with Crippen LogP contribution in [0.3, 0.4) is 0 Å². The maximum Gasteiger partial charge on any atom is 0.254 e. The number of hydrogen-bond donors (Lipinski definition) is 1. The minimum absolute atomic E-state index is 0.0307. The van der Waals surface area contributed by atoms with Crippen molar-refractivity contribution >= 4 is 11.8 Å². The molecule has 0 saturated carbocycles. The molecule has 2 heterocycles. The van der Waals surface area contributed by atoms with Crippen LogP contribution in [-0.4, -0.2) is 42.6 Å². The van der Waals surface area contributed by atoms with Crippen molar-refractivity contribution in [2.45, 2.75) is 32.7 Å². The Morgan fingerprint density at radius 2 is 2.04 bits per heavy atom. The van der Waals surface area contributed by atoms with Gasteiger partial charge in [0.2, 0.25) is 12.7 Å². The van der Waals surface area contributed by atoms with E-state index < -0.39 is 0 Å². The molecule has 124 valence electrons. The number of amides is 2. The highest BCUT2D eigenvalue weighted by Gasteiger charge is 2.29. The SMILES string of the molecule is CC(C)NC(=O)C1CCCN(C(=O)c2ccc3c(c2)OCO3)C1. The fourth-order valence-corrected chi connectivity index (χ4v) is 2.99. The Morgan fingerprint density at radius 3 is 2.83 bits per heavy atom. The van der Waals surface area contributed by atoms with E-state index in [1.54, 1.807) is 23.1 Å². The van der Waals surface area contributed by atoms with Crippen LogP contribution in [0.1, 0.15) is 37.0 Å². The highest BCUT2D eigenvalue weighted by atomic mass is 16.7. The molecule has 1 aromatic carbocycles. The van der Waals surface area contributed by atoms with Crippen molar-refractivity contribution in [3.05, 3.63) is 23.8 Å². The maximum atomic E-state index is 12.7. The second-order valence-corrected chi connectivity index (χ2v) is 6.32. The third-order valence-electron chi connectivity index (χ3n) is 4.13. The lowest BCUT2D eigenvalue weighted by atomic mass is 9.96. The summed E-state index contributed by atoms with van der Waals surface area (Å²) >= 11 is 0. The van der Waals surface area contributed by atoms with Gasteiger partial charge in [-0.1, -0.05) is 0 Å². The normalized spacial score (nSPS) is 19.8. The molecule has 2 amide bonds. The van der Waals surface area contributed by atoms with Gasteiger partial charge in [-0.3, -0.25) is 9.59 Å². The van der Waals surface area contributed by atoms with Crippen molar-refractivity contribution in [2.75, 3.05) is 19.9 Å². The molecule has 6 nitrogen and oxygen atoms in total. The number of piperidine rings is 1. The van der Waals surface area contributed by atoms with Crippen LogP contribution in [0, 0.1) is 5.92 Å². The number of rotatable bonds is 3. The van der Waals surface area contributed by atoms with E-state index in [4.69, 9.17) is 9.47 Å². The van der Waals surface area contributed by atoms with Crippen LogP contribution in [0.15, 0.2) is 18.2 Å². The summed E-state index contributed by atoms with van der Waals surface area (Å²) in [5, 5.41) is 2.93. The molecular weight excluding hydrogens is 296 g/mol. The summed E-state index contributed by atoms with van der Waals surface area (Å²) < 4.78 is 10.6. The number of hydrogen-bond acceptors (Lipinski definition) is 4. The van der Waals surface area contributed by atoms with Crippen molar-refractivity contribution < 1.29 is 19.1 Å². The fraction of sp³-hybridized carbons (Fsp3) is 0.529. The molecule has 2 aliphatic heterocycles. The molecule has 1 fully saturated rings. The van der Waals surface area contributed by atoms with E-state index in [0.29, 0.717) is 30.2 Å². The second-order valence-electron chi connectivity index (χ2n) is 6.32. The van der Waals surface area contributed by atoms with Crippen LogP contribution in [0.25, 0.3) is 0 Å². The summed E-state index contributed by atoms with van der Waals surface area (Å²) in [6.07, 6.45) is 1.66. The fourth-order valence-electron chi connectivity index (χ4n) is 2.99. The molecule has 6 heteroatoms. The number of nitrogens with one attached hydrogen (secondary N) is 1. The molecule has 1 unspecified atom stereocenters. The average Bonchev–Trinajstić information content (AvgIpc) is 3.01. The van der Waals surface area contributed by atoms with Crippen LogP contribution in [0.2, 0.25) is 0 Å². The van der Waals surface area contributed by atoms with Crippen molar-refractivity contribution in [3.63, 3.8) is 0 Å². The number of nitrogens with zero attached hydrogens (tertiary/aromatic N) is 1. The van der Waals surface area contributed by atoms with Gasteiger partial charge in [0.25, 0.3) is 5.91 Å². The molecule has 0 radical (unpaired) electrons. The monoisotopic (exact) mass is 318 g/mol. The first-order chi connectivity index (χ1) is 11.0. The molecule has 1 aromatic rings.